The van der Waals surface area contributed by atoms with E-state index in [-0.39, 0.29) is 16.5 Å². The lowest BCUT2D eigenvalue weighted by Crippen LogP contribution is -2.29. The summed E-state index contributed by atoms with van der Waals surface area (Å²) in [6.45, 7) is 2.52. The Morgan fingerprint density at radius 2 is 2.10 bits per heavy atom. The quantitative estimate of drug-likeness (QED) is 0.904. The van der Waals surface area contributed by atoms with Crippen molar-refractivity contribution >= 4 is 21.6 Å². The minimum Gasteiger partial charge on any atom is -0.326 e. The van der Waals surface area contributed by atoms with Gasteiger partial charge in [0.25, 0.3) is 0 Å². The molecule has 1 fully saturated rings. The molecule has 20 heavy (non-hydrogen) atoms. The van der Waals surface area contributed by atoms with Crippen LogP contribution in [-0.2, 0) is 16.6 Å². The number of nitrogens with two attached hydrogens (primary N) is 1. The maximum atomic E-state index is 13.7. The molecule has 0 heterocycles. The number of hydrogen-bond donors (Lipinski definition) is 1. The Hall–Kier alpha value is -0.690. The number of nitrogens with zero attached hydrogens (tertiary/aromatic N) is 1. The van der Waals surface area contributed by atoms with Crippen LogP contribution in [0.2, 0.25) is 5.02 Å². The van der Waals surface area contributed by atoms with Crippen LogP contribution in [0.15, 0.2) is 17.0 Å². The zero-order valence-electron chi connectivity index (χ0n) is 11.4. The van der Waals surface area contributed by atoms with Crippen molar-refractivity contribution in [3.05, 3.63) is 28.5 Å². The van der Waals surface area contributed by atoms with E-state index in [2.05, 4.69) is 6.92 Å². The maximum absolute atomic E-state index is 13.7. The molecule has 2 N–H and O–H groups in total. The second kappa shape index (κ2) is 5.60. The molecular formula is C13H18ClFN2O2S. The van der Waals surface area contributed by atoms with Crippen molar-refractivity contribution in [2.75, 3.05) is 13.6 Å². The lowest BCUT2D eigenvalue weighted by Gasteiger charge is -2.18. The van der Waals surface area contributed by atoms with Gasteiger partial charge in [-0.1, -0.05) is 18.5 Å². The SMILES string of the molecule is CC1CC1CN(C)S(=O)(=O)c1cc(F)c(Cl)c(CN)c1. The first kappa shape index (κ1) is 15.7. The predicted octanol–water partition coefficient (Wildman–Crippen LogP) is 2.21. The minimum atomic E-state index is -3.71. The summed E-state index contributed by atoms with van der Waals surface area (Å²) in [5, 5.41) is -0.120. The number of benzene rings is 1. The molecule has 1 aliphatic rings. The van der Waals surface area contributed by atoms with Crippen LogP contribution in [0.1, 0.15) is 18.9 Å². The second-order valence-corrected chi connectivity index (χ2v) is 7.76. The van der Waals surface area contributed by atoms with Gasteiger partial charge in [0.1, 0.15) is 5.82 Å². The van der Waals surface area contributed by atoms with E-state index in [1.54, 1.807) is 0 Å². The summed E-state index contributed by atoms with van der Waals surface area (Å²) in [5.74, 6) is 0.177. The van der Waals surface area contributed by atoms with E-state index in [0.717, 1.165) is 12.5 Å². The summed E-state index contributed by atoms with van der Waals surface area (Å²) in [5.41, 5.74) is 5.75. The van der Waals surface area contributed by atoms with Gasteiger partial charge < -0.3 is 5.73 Å². The Morgan fingerprint density at radius 3 is 2.60 bits per heavy atom. The standard InChI is InChI=1S/C13H18ClFN2O2S/c1-8-3-10(8)7-17(2)20(18,19)11-4-9(6-16)13(14)12(15)5-11/h4-5,8,10H,3,6-7,16H2,1-2H3. The molecule has 0 amide bonds. The zero-order chi connectivity index (χ0) is 15.1. The fourth-order valence-corrected chi connectivity index (χ4v) is 3.66. The van der Waals surface area contributed by atoms with Gasteiger partial charge in [-0.05, 0) is 36.0 Å². The first-order valence-corrected chi connectivity index (χ1v) is 8.23. The third-order valence-corrected chi connectivity index (χ3v) is 6.00. The van der Waals surface area contributed by atoms with Crippen molar-refractivity contribution in [2.45, 2.75) is 24.8 Å². The van der Waals surface area contributed by atoms with E-state index >= 15 is 0 Å². The molecule has 1 saturated carbocycles. The molecule has 0 bridgehead atoms. The van der Waals surface area contributed by atoms with Crippen molar-refractivity contribution in [1.82, 2.24) is 4.31 Å². The highest BCUT2D eigenvalue weighted by molar-refractivity contribution is 7.89. The maximum Gasteiger partial charge on any atom is 0.242 e. The van der Waals surface area contributed by atoms with Crippen molar-refractivity contribution in [1.29, 1.82) is 0 Å². The van der Waals surface area contributed by atoms with Crippen molar-refractivity contribution in [2.24, 2.45) is 17.6 Å². The lowest BCUT2D eigenvalue weighted by molar-refractivity contribution is 0.444. The van der Waals surface area contributed by atoms with Crippen molar-refractivity contribution in [3.63, 3.8) is 0 Å². The van der Waals surface area contributed by atoms with Crippen LogP contribution in [0.5, 0.6) is 0 Å². The third kappa shape index (κ3) is 2.98. The average molecular weight is 321 g/mol. The lowest BCUT2D eigenvalue weighted by atomic mass is 10.2. The topological polar surface area (TPSA) is 63.4 Å². The molecule has 0 aliphatic heterocycles. The van der Waals surface area contributed by atoms with Gasteiger partial charge in [0.2, 0.25) is 10.0 Å². The summed E-state index contributed by atoms with van der Waals surface area (Å²) in [4.78, 5) is -0.101. The minimum absolute atomic E-state index is 0.0114. The van der Waals surface area contributed by atoms with E-state index in [1.807, 2.05) is 0 Å². The van der Waals surface area contributed by atoms with Crippen LogP contribution in [0, 0.1) is 17.7 Å². The average Bonchev–Trinajstić information content (AvgIpc) is 3.07. The highest BCUT2D eigenvalue weighted by atomic mass is 35.5. The molecule has 1 aliphatic carbocycles. The fraction of sp³-hybridized carbons (Fsp3) is 0.538. The number of sulfonamides is 1. The normalized spacial score (nSPS) is 22.3. The number of hydrogen-bond acceptors (Lipinski definition) is 3. The molecule has 112 valence electrons. The van der Waals surface area contributed by atoms with Crippen molar-refractivity contribution < 1.29 is 12.8 Å². The van der Waals surface area contributed by atoms with Crippen LogP contribution in [0.25, 0.3) is 0 Å². The van der Waals surface area contributed by atoms with Gasteiger partial charge in [0.15, 0.2) is 0 Å². The highest BCUT2D eigenvalue weighted by Gasteiger charge is 2.36. The second-order valence-electron chi connectivity index (χ2n) is 5.34. The van der Waals surface area contributed by atoms with E-state index < -0.39 is 15.8 Å². The molecule has 1 aromatic carbocycles. The van der Waals surface area contributed by atoms with E-state index in [0.29, 0.717) is 23.9 Å². The van der Waals surface area contributed by atoms with Crippen LogP contribution in [0.3, 0.4) is 0 Å². The van der Waals surface area contributed by atoms with Gasteiger partial charge >= 0.3 is 0 Å². The molecule has 7 heteroatoms. The molecule has 1 aromatic rings. The van der Waals surface area contributed by atoms with E-state index in [4.69, 9.17) is 17.3 Å². The van der Waals surface area contributed by atoms with Crippen LogP contribution < -0.4 is 5.73 Å². The first-order chi connectivity index (χ1) is 9.27. The summed E-state index contributed by atoms with van der Waals surface area (Å²) in [6, 6.07) is 2.29. The molecule has 2 atom stereocenters. The Labute approximate surface area is 123 Å². The van der Waals surface area contributed by atoms with Crippen LogP contribution in [-0.4, -0.2) is 26.3 Å². The monoisotopic (exact) mass is 320 g/mol. The zero-order valence-corrected chi connectivity index (χ0v) is 13.0. The van der Waals surface area contributed by atoms with Crippen LogP contribution >= 0.6 is 11.6 Å². The Morgan fingerprint density at radius 1 is 1.50 bits per heavy atom. The van der Waals surface area contributed by atoms with Gasteiger partial charge in [0, 0.05) is 20.1 Å². The van der Waals surface area contributed by atoms with Gasteiger partial charge in [-0.25, -0.2) is 17.1 Å². The molecule has 0 spiro atoms. The molecule has 2 rings (SSSR count). The number of rotatable bonds is 5. The third-order valence-electron chi connectivity index (χ3n) is 3.77. The smallest absolute Gasteiger partial charge is 0.242 e. The van der Waals surface area contributed by atoms with Gasteiger partial charge in [-0.15, -0.1) is 0 Å². The molecule has 0 aromatic heterocycles. The van der Waals surface area contributed by atoms with Gasteiger partial charge in [0.05, 0.1) is 9.92 Å². The number of halogens is 2. The van der Waals surface area contributed by atoms with E-state index in [1.165, 1.54) is 17.4 Å². The predicted molar refractivity (Wildman–Crippen MR) is 76.4 cm³/mol. The largest absolute Gasteiger partial charge is 0.326 e. The summed E-state index contributed by atoms with van der Waals surface area (Å²) in [6.07, 6.45) is 1.03. The van der Waals surface area contributed by atoms with Gasteiger partial charge in [-0.2, -0.15) is 0 Å². The molecular weight excluding hydrogens is 303 g/mol. The Balaban J connectivity index is 2.31. The fourth-order valence-electron chi connectivity index (χ4n) is 2.18. The Bertz CT molecular complexity index is 621. The Kier molecular flexibility index (Phi) is 4.39. The summed E-state index contributed by atoms with van der Waals surface area (Å²) >= 11 is 5.75. The molecule has 0 saturated heterocycles. The summed E-state index contributed by atoms with van der Waals surface area (Å²) in [7, 11) is -2.20. The molecule has 4 nitrogen and oxygen atoms in total. The summed E-state index contributed by atoms with van der Waals surface area (Å²) < 4.78 is 39.8. The van der Waals surface area contributed by atoms with Gasteiger partial charge in [-0.3, -0.25) is 0 Å². The van der Waals surface area contributed by atoms with Crippen LogP contribution in [0.4, 0.5) is 4.39 Å². The molecule has 0 radical (unpaired) electrons. The molecule has 2 unspecified atom stereocenters. The highest BCUT2D eigenvalue weighted by Crippen LogP contribution is 2.39. The van der Waals surface area contributed by atoms with Crippen molar-refractivity contribution in [3.8, 4) is 0 Å². The van der Waals surface area contributed by atoms with E-state index in [9.17, 15) is 12.8 Å². The first-order valence-electron chi connectivity index (χ1n) is 6.41.